The summed E-state index contributed by atoms with van der Waals surface area (Å²) in [5.41, 5.74) is 2.96. The average molecular weight is 281 g/mol. The van der Waals surface area contributed by atoms with Gasteiger partial charge in [-0.1, -0.05) is 17.7 Å². The van der Waals surface area contributed by atoms with Crippen molar-refractivity contribution < 1.29 is 13.9 Å². The van der Waals surface area contributed by atoms with Gasteiger partial charge in [0.15, 0.2) is 5.76 Å². The van der Waals surface area contributed by atoms with Gasteiger partial charge in [-0.25, -0.2) is 5.84 Å². The number of carbonyl (C=O) groups is 1. The van der Waals surface area contributed by atoms with E-state index in [0.717, 1.165) is 5.56 Å². The van der Waals surface area contributed by atoms with Gasteiger partial charge < -0.3 is 9.15 Å². The number of carbonyl (C=O) groups excluding carboxylic acids is 1. The smallest absolute Gasteiger partial charge is 0.300 e. The van der Waals surface area contributed by atoms with Crippen molar-refractivity contribution in [3.63, 3.8) is 0 Å². The van der Waals surface area contributed by atoms with Crippen LogP contribution in [0.5, 0.6) is 5.75 Å². The second kappa shape index (κ2) is 5.77. The zero-order chi connectivity index (χ0) is 13.8. The number of furan rings is 1. The molecule has 0 aliphatic carbocycles. The van der Waals surface area contributed by atoms with Crippen molar-refractivity contribution in [2.75, 3.05) is 0 Å². The molecule has 1 heterocycles. The zero-order valence-electron chi connectivity index (χ0n) is 10.3. The maximum atomic E-state index is 11.2. The first kappa shape index (κ1) is 13.5. The topological polar surface area (TPSA) is 77.5 Å². The van der Waals surface area contributed by atoms with Crippen molar-refractivity contribution in [1.82, 2.24) is 5.43 Å². The van der Waals surface area contributed by atoms with Gasteiger partial charge in [-0.15, -0.1) is 0 Å². The number of nitrogen functional groups attached to an aromatic ring is 1. The van der Waals surface area contributed by atoms with Gasteiger partial charge in [0.2, 0.25) is 0 Å². The molecule has 0 saturated carbocycles. The molecule has 0 bridgehead atoms. The quantitative estimate of drug-likeness (QED) is 0.512. The van der Waals surface area contributed by atoms with E-state index in [2.05, 4.69) is 0 Å². The number of nitrogens with one attached hydrogen (secondary N) is 1. The first-order valence-corrected chi connectivity index (χ1v) is 5.96. The second-order valence-corrected chi connectivity index (χ2v) is 4.37. The Morgan fingerprint density at radius 1 is 1.42 bits per heavy atom. The fourth-order valence-electron chi connectivity index (χ4n) is 1.53. The maximum Gasteiger partial charge on any atom is 0.300 e. The molecule has 5 nitrogen and oxygen atoms in total. The Morgan fingerprint density at radius 2 is 2.21 bits per heavy atom. The molecule has 100 valence electrons. The third kappa shape index (κ3) is 3.27. The van der Waals surface area contributed by atoms with Crippen LogP contribution in [-0.4, -0.2) is 5.91 Å². The molecule has 0 fully saturated rings. The summed E-state index contributed by atoms with van der Waals surface area (Å²) in [6.45, 7) is 2.13. The number of hydrazine groups is 1. The van der Waals surface area contributed by atoms with E-state index >= 15 is 0 Å². The molecule has 1 aromatic carbocycles. The van der Waals surface area contributed by atoms with E-state index in [0.29, 0.717) is 16.5 Å². The van der Waals surface area contributed by atoms with E-state index in [1.165, 1.54) is 6.07 Å². The van der Waals surface area contributed by atoms with Gasteiger partial charge in [0.25, 0.3) is 0 Å². The second-order valence-electron chi connectivity index (χ2n) is 3.94. The summed E-state index contributed by atoms with van der Waals surface area (Å²) < 4.78 is 10.9. The van der Waals surface area contributed by atoms with Gasteiger partial charge in [0.05, 0.1) is 0 Å². The Bertz CT molecular complexity index is 595. The van der Waals surface area contributed by atoms with Crippen molar-refractivity contribution in [1.29, 1.82) is 0 Å². The lowest BCUT2D eigenvalue weighted by Gasteiger charge is -2.07. The normalized spacial score (nSPS) is 10.3. The molecule has 0 unspecified atom stereocenters. The van der Waals surface area contributed by atoms with Gasteiger partial charge in [-0.05, 0) is 36.8 Å². The Kier molecular flexibility index (Phi) is 4.09. The summed E-state index contributed by atoms with van der Waals surface area (Å²) >= 11 is 5.89. The lowest BCUT2D eigenvalue weighted by atomic mass is 10.2. The number of hydrogen-bond donors (Lipinski definition) is 2. The predicted molar refractivity (Wildman–Crippen MR) is 70.9 cm³/mol. The highest BCUT2D eigenvalue weighted by atomic mass is 35.5. The fraction of sp³-hybridized carbons (Fsp3) is 0.154. The van der Waals surface area contributed by atoms with E-state index in [-0.39, 0.29) is 12.4 Å². The average Bonchev–Trinajstić information content (AvgIpc) is 2.88. The number of amides is 1. The minimum Gasteiger partial charge on any atom is -0.485 e. The molecule has 2 aromatic rings. The highest BCUT2D eigenvalue weighted by Gasteiger charge is 2.10. The monoisotopic (exact) mass is 280 g/mol. The van der Waals surface area contributed by atoms with Crippen LogP contribution in [0, 0.1) is 6.92 Å². The Labute approximate surface area is 115 Å². The van der Waals surface area contributed by atoms with E-state index in [4.69, 9.17) is 26.6 Å². The third-order valence-corrected chi connectivity index (χ3v) is 2.77. The van der Waals surface area contributed by atoms with Crippen molar-refractivity contribution in [3.8, 4) is 5.75 Å². The minimum absolute atomic E-state index is 0.143. The van der Waals surface area contributed by atoms with Crippen LogP contribution in [0.2, 0.25) is 5.02 Å². The number of halogens is 1. The lowest BCUT2D eigenvalue weighted by molar-refractivity contribution is 0.0922. The third-order valence-electron chi connectivity index (χ3n) is 2.54. The van der Waals surface area contributed by atoms with Crippen molar-refractivity contribution in [3.05, 3.63) is 52.4 Å². The Balaban J connectivity index is 2.04. The number of ether oxygens (including phenoxy) is 1. The molecular weight excluding hydrogens is 268 g/mol. The number of hydrogen-bond acceptors (Lipinski definition) is 4. The highest BCUT2D eigenvalue weighted by molar-refractivity contribution is 6.30. The number of rotatable bonds is 4. The largest absolute Gasteiger partial charge is 0.485 e. The molecule has 0 aliphatic rings. The zero-order valence-corrected chi connectivity index (χ0v) is 11.0. The van der Waals surface area contributed by atoms with Gasteiger partial charge in [0.1, 0.15) is 18.1 Å². The SMILES string of the molecule is Cc1ccc(Cl)cc1OCc1ccc(C(=O)NN)o1. The predicted octanol–water partition coefficient (Wildman–Crippen LogP) is 2.42. The highest BCUT2D eigenvalue weighted by Crippen LogP contribution is 2.23. The van der Waals surface area contributed by atoms with E-state index in [9.17, 15) is 4.79 Å². The van der Waals surface area contributed by atoms with Crippen LogP contribution in [0.15, 0.2) is 34.7 Å². The van der Waals surface area contributed by atoms with Gasteiger partial charge in [-0.3, -0.25) is 10.2 Å². The van der Waals surface area contributed by atoms with E-state index in [1.807, 2.05) is 18.4 Å². The van der Waals surface area contributed by atoms with E-state index < -0.39 is 5.91 Å². The van der Waals surface area contributed by atoms with Crippen LogP contribution in [0.1, 0.15) is 21.9 Å². The molecule has 0 saturated heterocycles. The summed E-state index contributed by atoms with van der Waals surface area (Å²) in [6, 6.07) is 8.58. The molecule has 2 rings (SSSR count). The van der Waals surface area contributed by atoms with Crippen molar-refractivity contribution in [2.24, 2.45) is 5.84 Å². The maximum absolute atomic E-state index is 11.2. The summed E-state index contributed by atoms with van der Waals surface area (Å²) in [4.78, 5) is 11.2. The van der Waals surface area contributed by atoms with Crippen LogP contribution >= 0.6 is 11.6 Å². The molecule has 0 atom stereocenters. The van der Waals surface area contributed by atoms with Gasteiger partial charge in [-0.2, -0.15) is 0 Å². The molecule has 0 aliphatic heterocycles. The Hall–Kier alpha value is -1.98. The molecular formula is C13H13ClN2O3. The molecule has 1 aromatic heterocycles. The van der Waals surface area contributed by atoms with Crippen LogP contribution in [0.3, 0.4) is 0 Å². The number of nitrogens with two attached hydrogens (primary N) is 1. The molecule has 19 heavy (non-hydrogen) atoms. The summed E-state index contributed by atoms with van der Waals surface area (Å²) in [5.74, 6) is 5.87. The first-order valence-electron chi connectivity index (χ1n) is 5.59. The van der Waals surface area contributed by atoms with Crippen LogP contribution in [-0.2, 0) is 6.61 Å². The van der Waals surface area contributed by atoms with Gasteiger partial charge in [0, 0.05) is 5.02 Å². The first-order chi connectivity index (χ1) is 9.10. The van der Waals surface area contributed by atoms with Crippen LogP contribution < -0.4 is 16.0 Å². The number of aryl methyl sites for hydroxylation is 1. The molecule has 1 amide bonds. The molecule has 0 spiro atoms. The van der Waals surface area contributed by atoms with E-state index in [1.54, 1.807) is 18.2 Å². The standard InChI is InChI=1S/C13H13ClN2O3/c1-8-2-3-9(14)6-12(8)18-7-10-4-5-11(19-10)13(17)16-15/h2-6H,7,15H2,1H3,(H,16,17). The van der Waals surface area contributed by atoms with Crippen molar-refractivity contribution >= 4 is 17.5 Å². The summed E-state index contributed by atoms with van der Waals surface area (Å²) in [6.07, 6.45) is 0. The summed E-state index contributed by atoms with van der Waals surface area (Å²) in [5, 5.41) is 0.600. The molecule has 3 N–H and O–H groups in total. The van der Waals surface area contributed by atoms with Crippen molar-refractivity contribution in [2.45, 2.75) is 13.5 Å². The van der Waals surface area contributed by atoms with Gasteiger partial charge >= 0.3 is 5.91 Å². The minimum atomic E-state index is -0.481. The number of benzene rings is 1. The molecule has 0 radical (unpaired) electrons. The molecule has 6 heteroatoms. The van der Waals surface area contributed by atoms with Crippen LogP contribution in [0.4, 0.5) is 0 Å². The Morgan fingerprint density at radius 3 is 2.95 bits per heavy atom. The van der Waals surface area contributed by atoms with Crippen LogP contribution in [0.25, 0.3) is 0 Å². The fourth-order valence-corrected chi connectivity index (χ4v) is 1.69. The lowest BCUT2D eigenvalue weighted by Crippen LogP contribution is -2.29. The summed E-state index contributed by atoms with van der Waals surface area (Å²) in [7, 11) is 0.